The first-order chi connectivity index (χ1) is 20.6. The number of benzene rings is 4. The second-order valence-electron chi connectivity index (χ2n) is 9.06. The van der Waals surface area contributed by atoms with Crippen LogP contribution in [0.3, 0.4) is 0 Å². The van der Waals surface area contributed by atoms with Crippen LogP contribution in [0.5, 0.6) is 0 Å². The molecule has 1 aliphatic heterocycles. The van der Waals surface area contributed by atoms with E-state index in [0.717, 1.165) is 45.0 Å². The Bertz CT molecular complexity index is 1500. The molecule has 4 aromatic carbocycles. The second-order valence-corrected chi connectivity index (χ2v) is 9.06. The van der Waals surface area contributed by atoms with E-state index in [1.165, 1.54) is 0 Å². The third-order valence-corrected chi connectivity index (χ3v) is 6.42. The van der Waals surface area contributed by atoms with Crippen molar-refractivity contribution in [2.45, 2.75) is 0 Å². The highest BCUT2D eigenvalue weighted by Gasteiger charge is 2.24. The lowest BCUT2D eigenvalue weighted by molar-refractivity contribution is 1.24. The SMILES string of the molecule is C=Nc1ccc(C(=NN=C2[B]C(=NN=C(c3ccc(N=C)cc3)c3ccc(N=C)cc3)[B]2)c2ccc(N=C)cc2)cc1. The highest BCUT2D eigenvalue weighted by Crippen LogP contribution is 2.21. The first kappa shape index (κ1) is 27.9. The highest BCUT2D eigenvalue weighted by molar-refractivity contribution is 7.46. The van der Waals surface area contributed by atoms with Crippen LogP contribution in [-0.4, -0.2) is 63.9 Å². The minimum Gasteiger partial charge on any atom is -0.265 e. The van der Waals surface area contributed by atoms with Gasteiger partial charge in [0, 0.05) is 22.3 Å². The van der Waals surface area contributed by atoms with E-state index >= 15 is 0 Å². The molecular formula is C32H24B2N8. The van der Waals surface area contributed by atoms with E-state index in [9.17, 15) is 0 Å². The first-order valence-corrected chi connectivity index (χ1v) is 12.9. The minimum atomic E-state index is 0.680. The predicted octanol–water partition coefficient (Wildman–Crippen LogP) is 6.35. The topological polar surface area (TPSA) is 98.9 Å². The van der Waals surface area contributed by atoms with E-state index in [4.69, 9.17) is 0 Å². The summed E-state index contributed by atoms with van der Waals surface area (Å²) in [6.07, 6.45) is 0. The smallest absolute Gasteiger partial charge is 0.210 e. The summed E-state index contributed by atoms with van der Waals surface area (Å²) in [6.45, 7) is 14.3. The van der Waals surface area contributed by atoms with Crippen molar-refractivity contribution < 1.29 is 0 Å². The van der Waals surface area contributed by atoms with Gasteiger partial charge in [-0.2, -0.15) is 20.4 Å². The molecule has 0 bridgehead atoms. The van der Waals surface area contributed by atoms with Gasteiger partial charge >= 0.3 is 0 Å². The molecule has 42 heavy (non-hydrogen) atoms. The van der Waals surface area contributed by atoms with Crippen molar-refractivity contribution in [1.29, 1.82) is 0 Å². The summed E-state index contributed by atoms with van der Waals surface area (Å²) in [5.41, 5.74) is 9.45. The van der Waals surface area contributed by atoms with Gasteiger partial charge in [0.15, 0.2) is 0 Å². The molecule has 8 nitrogen and oxygen atoms in total. The van der Waals surface area contributed by atoms with Crippen LogP contribution in [0.2, 0.25) is 0 Å². The average molecular weight is 542 g/mol. The lowest BCUT2D eigenvalue weighted by Gasteiger charge is -2.14. The Morgan fingerprint density at radius 1 is 0.381 bits per heavy atom. The van der Waals surface area contributed by atoms with Gasteiger partial charge in [-0.3, -0.25) is 20.0 Å². The van der Waals surface area contributed by atoms with Crippen LogP contribution in [0.15, 0.2) is 137 Å². The van der Waals surface area contributed by atoms with E-state index in [0.29, 0.717) is 22.4 Å². The number of hydrogen-bond acceptors (Lipinski definition) is 8. The molecule has 0 saturated carbocycles. The zero-order chi connectivity index (χ0) is 29.3. The van der Waals surface area contributed by atoms with Gasteiger partial charge in [-0.15, -0.1) is 0 Å². The van der Waals surface area contributed by atoms with Crippen molar-refractivity contribution in [3.63, 3.8) is 0 Å². The maximum absolute atomic E-state index is 4.59. The van der Waals surface area contributed by atoms with E-state index in [1.54, 1.807) is 0 Å². The van der Waals surface area contributed by atoms with Gasteiger partial charge in [0.2, 0.25) is 14.6 Å². The second kappa shape index (κ2) is 13.1. The molecule has 10 heteroatoms. The van der Waals surface area contributed by atoms with E-state index in [1.807, 2.05) is 112 Å². The maximum atomic E-state index is 4.59. The Labute approximate surface area is 246 Å². The molecule has 0 N–H and O–H groups in total. The number of rotatable bonds is 10. The molecule has 0 aliphatic carbocycles. The largest absolute Gasteiger partial charge is 0.265 e. The molecule has 0 spiro atoms. The van der Waals surface area contributed by atoms with Gasteiger partial charge in [0.05, 0.1) is 22.7 Å². The average Bonchev–Trinajstić information content (AvgIpc) is 3.04. The van der Waals surface area contributed by atoms with Gasteiger partial charge in [0.25, 0.3) is 0 Å². The van der Waals surface area contributed by atoms with Crippen molar-refractivity contribution in [1.82, 2.24) is 0 Å². The fourth-order valence-corrected chi connectivity index (χ4v) is 4.08. The van der Waals surface area contributed by atoms with Crippen LogP contribution < -0.4 is 0 Å². The first-order valence-electron chi connectivity index (χ1n) is 12.9. The van der Waals surface area contributed by atoms with Gasteiger partial charge in [-0.1, -0.05) is 48.5 Å². The third-order valence-electron chi connectivity index (χ3n) is 6.42. The normalized spacial score (nSPS) is 11.5. The molecule has 5 rings (SSSR count). The van der Waals surface area contributed by atoms with Crippen LogP contribution >= 0.6 is 0 Å². The van der Waals surface area contributed by atoms with E-state index < -0.39 is 0 Å². The maximum Gasteiger partial charge on any atom is 0.210 e. The standard InChI is InChI=1S/C32H24B2N8/c1-35-25-13-5-21(6-14-25)29(22-7-15-26(36-2)16-8-22)39-41-31-33-32(34-31)42-40-30(23-9-17-27(37-3)18-10-23)24-11-19-28(38-4)20-12-24/h5-20H,1-4H2. The van der Waals surface area contributed by atoms with Crippen molar-refractivity contribution in [3.8, 4) is 0 Å². The van der Waals surface area contributed by atoms with E-state index in [-0.39, 0.29) is 0 Å². The van der Waals surface area contributed by atoms with Gasteiger partial charge in [-0.25, -0.2) is 0 Å². The zero-order valence-corrected chi connectivity index (χ0v) is 22.8. The summed E-state index contributed by atoms with van der Waals surface area (Å²) in [4.78, 5) is 15.9. The van der Waals surface area contributed by atoms with Crippen molar-refractivity contribution in [2.24, 2.45) is 40.4 Å². The third kappa shape index (κ3) is 6.56. The Morgan fingerprint density at radius 2 is 0.619 bits per heavy atom. The lowest BCUT2D eigenvalue weighted by atomic mass is 9.28. The number of aliphatic imine (C=N–C) groups is 4. The summed E-state index contributed by atoms with van der Waals surface area (Å²) in [7, 11) is 3.65. The predicted molar refractivity (Wildman–Crippen MR) is 180 cm³/mol. The van der Waals surface area contributed by atoms with Crippen LogP contribution in [0.1, 0.15) is 22.3 Å². The molecule has 0 unspecified atom stereocenters. The van der Waals surface area contributed by atoms with E-state index in [2.05, 4.69) is 67.2 Å². The molecule has 1 heterocycles. The lowest BCUT2D eigenvalue weighted by Crippen LogP contribution is -2.44. The quantitative estimate of drug-likeness (QED) is 0.127. The Hall–Kier alpha value is -5.63. The van der Waals surface area contributed by atoms with Gasteiger partial charge in [-0.05, 0) is 86.4 Å². The van der Waals surface area contributed by atoms with Crippen molar-refractivity contribution in [3.05, 3.63) is 119 Å². The molecule has 2 radical (unpaired) electrons. The fraction of sp³-hybridized carbons (Fsp3) is 0. The molecule has 0 atom stereocenters. The summed E-state index contributed by atoms with van der Waals surface area (Å²) in [6, 6.07) is 30.6. The van der Waals surface area contributed by atoms with Crippen molar-refractivity contribution >= 4 is 86.6 Å². The minimum absolute atomic E-state index is 0.680. The Kier molecular flexibility index (Phi) is 8.74. The summed E-state index contributed by atoms with van der Waals surface area (Å²) in [5.74, 6) is 0. The summed E-state index contributed by atoms with van der Waals surface area (Å²) >= 11 is 0. The molecular weight excluding hydrogens is 518 g/mol. The highest BCUT2D eigenvalue weighted by atomic mass is 15.2. The molecule has 0 aromatic heterocycles. The molecule has 4 aromatic rings. The van der Waals surface area contributed by atoms with Gasteiger partial charge in [0.1, 0.15) is 11.4 Å². The molecule has 1 fully saturated rings. The molecule has 0 amide bonds. The summed E-state index contributed by atoms with van der Waals surface area (Å²) < 4.78 is 0. The monoisotopic (exact) mass is 542 g/mol. The van der Waals surface area contributed by atoms with Crippen molar-refractivity contribution in [2.75, 3.05) is 0 Å². The Morgan fingerprint density at radius 3 is 0.833 bits per heavy atom. The summed E-state index contributed by atoms with van der Waals surface area (Å²) in [5, 5.41) is 18.1. The van der Waals surface area contributed by atoms with Gasteiger partial charge < -0.3 is 0 Å². The molecule has 1 aliphatic rings. The van der Waals surface area contributed by atoms with Crippen LogP contribution in [0.4, 0.5) is 22.7 Å². The molecule has 198 valence electrons. The molecule has 1 saturated heterocycles. The van der Waals surface area contributed by atoms with Crippen LogP contribution in [-0.2, 0) is 0 Å². The zero-order valence-electron chi connectivity index (χ0n) is 22.8. The fourth-order valence-electron chi connectivity index (χ4n) is 4.08. The van der Waals surface area contributed by atoms with Crippen LogP contribution in [0.25, 0.3) is 0 Å². The van der Waals surface area contributed by atoms with Crippen LogP contribution in [0, 0.1) is 0 Å². The number of nitrogens with zero attached hydrogens (tertiary/aromatic N) is 8. The Balaban J connectivity index is 1.40. The number of hydrogen-bond donors (Lipinski definition) is 0.